The van der Waals surface area contributed by atoms with Gasteiger partial charge in [-0.05, 0) is 88.6 Å². The number of carbonyl (C=O) groups is 1. The van der Waals surface area contributed by atoms with Crippen LogP contribution in [-0.2, 0) is 11.2 Å². The molecule has 1 amide bonds. The van der Waals surface area contributed by atoms with E-state index in [-0.39, 0.29) is 5.92 Å². The van der Waals surface area contributed by atoms with Crippen molar-refractivity contribution in [3.8, 4) is 0 Å². The highest BCUT2D eigenvalue weighted by Crippen LogP contribution is 2.36. The lowest BCUT2D eigenvalue weighted by atomic mass is 9.85. The number of nitrogens with zero attached hydrogens (tertiary/aromatic N) is 2. The van der Waals surface area contributed by atoms with Gasteiger partial charge in [-0.1, -0.05) is 66.8 Å². The smallest absolute Gasteiger partial charge is 0.230 e. The van der Waals surface area contributed by atoms with Gasteiger partial charge in [-0.2, -0.15) is 0 Å². The third-order valence-corrected chi connectivity index (χ3v) is 8.33. The van der Waals surface area contributed by atoms with E-state index < -0.39 is 0 Å². The fourth-order valence-corrected chi connectivity index (χ4v) is 6.62. The molecule has 1 unspecified atom stereocenters. The number of rotatable bonds is 4. The lowest BCUT2D eigenvalue weighted by Crippen LogP contribution is -2.52. The summed E-state index contributed by atoms with van der Waals surface area (Å²) in [5.41, 5.74) is 6.82. The molecule has 0 N–H and O–H groups in total. The van der Waals surface area contributed by atoms with Gasteiger partial charge < -0.3 is 9.80 Å². The molecule has 1 atom stereocenters. The topological polar surface area (TPSA) is 23.6 Å². The van der Waals surface area contributed by atoms with Gasteiger partial charge >= 0.3 is 0 Å². The van der Waals surface area contributed by atoms with E-state index in [9.17, 15) is 4.79 Å². The Kier molecular flexibility index (Phi) is 6.87. The van der Waals surface area contributed by atoms with Crippen LogP contribution in [0.2, 0.25) is 0 Å². The number of hydrogen-bond acceptors (Lipinski definition) is 2. The van der Waals surface area contributed by atoms with Crippen LogP contribution in [0.1, 0.15) is 79.5 Å². The van der Waals surface area contributed by atoms with Crippen LogP contribution in [0.15, 0.2) is 42.5 Å². The number of benzene rings is 2. The van der Waals surface area contributed by atoms with Gasteiger partial charge in [0.25, 0.3) is 0 Å². The Morgan fingerprint density at radius 1 is 0.879 bits per heavy atom. The average molecular weight is 445 g/mol. The first kappa shape index (κ1) is 22.7. The molecule has 3 heteroatoms. The molecule has 0 aromatic heterocycles. The van der Waals surface area contributed by atoms with Crippen LogP contribution in [0.3, 0.4) is 0 Å². The number of fused-ring (bicyclic) bond motifs is 1. The number of anilines is 1. The van der Waals surface area contributed by atoms with E-state index >= 15 is 0 Å². The van der Waals surface area contributed by atoms with Gasteiger partial charge in [0.1, 0.15) is 0 Å². The van der Waals surface area contributed by atoms with E-state index in [1.165, 1.54) is 60.0 Å². The van der Waals surface area contributed by atoms with E-state index in [1.807, 2.05) is 0 Å². The van der Waals surface area contributed by atoms with Crippen LogP contribution in [-0.4, -0.2) is 36.5 Å². The number of aryl methyl sites for hydroxylation is 3. The van der Waals surface area contributed by atoms with Crippen molar-refractivity contribution in [2.24, 2.45) is 5.92 Å². The summed E-state index contributed by atoms with van der Waals surface area (Å²) in [5.74, 6) is 1.30. The van der Waals surface area contributed by atoms with Crippen LogP contribution in [0.5, 0.6) is 0 Å². The normalized spacial score (nSPS) is 22.8. The van der Waals surface area contributed by atoms with E-state index in [0.717, 1.165) is 45.3 Å². The van der Waals surface area contributed by atoms with Crippen LogP contribution >= 0.6 is 0 Å². The minimum Gasteiger partial charge on any atom is -0.308 e. The van der Waals surface area contributed by atoms with Gasteiger partial charge in [0.15, 0.2) is 0 Å². The maximum Gasteiger partial charge on any atom is 0.230 e. The maximum atomic E-state index is 13.8. The molecule has 0 spiro atoms. The Labute approximate surface area is 200 Å². The maximum absolute atomic E-state index is 13.8. The van der Waals surface area contributed by atoms with E-state index in [0.29, 0.717) is 17.9 Å². The molecule has 3 aliphatic rings. The quantitative estimate of drug-likeness (QED) is 0.544. The number of hydrogen-bond donors (Lipinski definition) is 0. The third-order valence-electron chi connectivity index (χ3n) is 8.33. The van der Waals surface area contributed by atoms with Crippen molar-refractivity contribution in [3.05, 3.63) is 64.7 Å². The second-order valence-electron chi connectivity index (χ2n) is 10.9. The van der Waals surface area contributed by atoms with Crippen molar-refractivity contribution < 1.29 is 4.79 Å². The summed E-state index contributed by atoms with van der Waals surface area (Å²) < 4.78 is 0. The van der Waals surface area contributed by atoms with E-state index in [4.69, 9.17) is 0 Å². The van der Waals surface area contributed by atoms with Crippen LogP contribution in [0.4, 0.5) is 5.69 Å². The number of amides is 1. The Hall–Kier alpha value is -2.13. The summed E-state index contributed by atoms with van der Waals surface area (Å²) in [7, 11) is 0. The standard InChI is InChI=1S/C30H40N2O/c1-22-18-23(2)20-27(19-22)24-14-16-31(17-15-24)21-28-13-12-25-8-6-7-11-29(25)32(28)30(33)26-9-4-3-5-10-26/h6-8,11,18-20,24,26,28H,3-5,9-10,12-17,21H2,1-2H3. The lowest BCUT2D eigenvalue weighted by Gasteiger charge is -2.43. The minimum atomic E-state index is 0.225. The highest BCUT2D eigenvalue weighted by Gasteiger charge is 2.36. The first-order chi connectivity index (χ1) is 16.1. The van der Waals surface area contributed by atoms with Gasteiger partial charge in [0.05, 0.1) is 0 Å². The molecule has 2 aliphatic heterocycles. The molecule has 1 saturated carbocycles. The molecular formula is C30H40N2O. The van der Waals surface area contributed by atoms with Gasteiger partial charge in [0, 0.05) is 24.2 Å². The molecule has 2 aromatic rings. The molecular weight excluding hydrogens is 404 g/mol. The van der Waals surface area contributed by atoms with Crippen molar-refractivity contribution in [2.45, 2.75) is 83.6 Å². The highest BCUT2D eigenvalue weighted by atomic mass is 16.2. The summed E-state index contributed by atoms with van der Waals surface area (Å²) in [6.07, 6.45) is 10.5. The highest BCUT2D eigenvalue weighted by molar-refractivity contribution is 5.97. The second kappa shape index (κ2) is 10.0. The molecule has 0 radical (unpaired) electrons. The van der Waals surface area contributed by atoms with Gasteiger partial charge in [-0.3, -0.25) is 4.79 Å². The van der Waals surface area contributed by atoms with Gasteiger partial charge in [-0.15, -0.1) is 0 Å². The molecule has 2 heterocycles. The zero-order valence-corrected chi connectivity index (χ0v) is 20.6. The molecule has 0 bridgehead atoms. The first-order valence-corrected chi connectivity index (χ1v) is 13.3. The fourth-order valence-electron chi connectivity index (χ4n) is 6.62. The molecule has 176 valence electrons. The average Bonchev–Trinajstić information content (AvgIpc) is 2.84. The summed E-state index contributed by atoms with van der Waals surface area (Å²) in [6.45, 7) is 7.73. The molecule has 2 aromatic carbocycles. The van der Waals surface area contributed by atoms with Crippen molar-refractivity contribution >= 4 is 11.6 Å². The second-order valence-corrected chi connectivity index (χ2v) is 10.9. The molecule has 1 aliphatic carbocycles. The number of carbonyl (C=O) groups excluding carboxylic acids is 1. The van der Waals surface area contributed by atoms with Gasteiger partial charge in [0.2, 0.25) is 5.91 Å². The molecule has 1 saturated heterocycles. The SMILES string of the molecule is Cc1cc(C)cc(C2CCN(CC3CCc4ccccc4N3C(=O)C3CCCCC3)CC2)c1. The Morgan fingerprint density at radius 3 is 2.30 bits per heavy atom. The van der Waals surface area contributed by atoms with E-state index in [1.54, 1.807) is 0 Å². The monoisotopic (exact) mass is 444 g/mol. The minimum absolute atomic E-state index is 0.225. The van der Waals surface area contributed by atoms with Gasteiger partial charge in [-0.25, -0.2) is 0 Å². The fraction of sp³-hybridized carbons (Fsp3) is 0.567. The van der Waals surface area contributed by atoms with Crippen LogP contribution < -0.4 is 4.90 Å². The number of likely N-dealkylation sites (tertiary alicyclic amines) is 1. The number of para-hydroxylation sites is 1. The predicted molar refractivity (Wildman–Crippen MR) is 137 cm³/mol. The Bertz CT molecular complexity index is 949. The summed E-state index contributed by atoms with van der Waals surface area (Å²) >= 11 is 0. The zero-order chi connectivity index (χ0) is 22.8. The van der Waals surface area contributed by atoms with Crippen LogP contribution in [0.25, 0.3) is 0 Å². The predicted octanol–water partition coefficient (Wildman–Crippen LogP) is 6.41. The summed E-state index contributed by atoms with van der Waals surface area (Å²) in [4.78, 5) is 18.7. The molecule has 33 heavy (non-hydrogen) atoms. The van der Waals surface area contributed by atoms with Crippen molar-refractivity contribution in [2.75, 3.05) is 24.5 Å². The summed E-state index contributed by atoms with van der Waals surface area (Å²) in [6, 6.07) is 16.0. The molecule has 5 rings (SSSR count). The zero-order valence-electron chi connectivity index (χ0n) is 20.6. The van der Waals surface area contributed by atoms with E-state index in [2.05, 4.69) is 66.1 Å². The Balaban J connectivity index is 1.28. The number of piperidine rings is 1. The van der Waals surface area contributed by atoms with Crippen LogP contribution in [0, 0.1) is 19.8 Å². The largest absolute Gasteiger partial charge is 0.308 e. The van der Waals surface area contributed by atoms with Crippen molar-refractivity contribution in [1.29, 1.82) is 0 Å². The first-order valence-electron chi connectivity index (χ1n) is 13.3. The molecule has 2 fully saturated rings. The lowest BCUT2D eigenvalue weighted by molar-refractivity contribution is -0.124. The summed E-state index contributed by atoms with van der Waals surface area (Å²) in [5, 5.41) is 0. The van der Waals surface area contributed by atoms with Crippen molar-refractivity contribution in [1.82, 2.24) is 4.90 Å². The third kappa shape index (κ3) is 5.04. The molecule has 3 nitrogen and oxygen atoms in total. The van der Waals surface area contributed by atoms with Crippen molar-refractivity contribution in [3.63, 3.8) is 0 Å². The Morgan fingerprint density at radius 2 is 1.58 bits per heavy atom.